The second-order valence-electron chi connectivity index (χ2n) is 6.96. The number of hydrogen-bond donors (Lipinski definition) is 2. The van der Waals surface area contributed by atoms with Crippen molar-refractivity contribution in [1.82, 2.24) is 4.57 Å². The van der Waals surface area contributed by atoms with Crippen LogP contribution in [0.25, 0.3) is 10.9 Å². The number of methoxy groups -OCH3 is 2. The number of nitrogens with one attached hydrogen (secondary N) is 2. The van der Waals surface area contributed by atoms with Crippen LogP contribution >= 0.6 is 0 Å². The molecular formula is C24H20FN3O4. The van der Waals surface area contributed by atoms with Crippen molar-refractivity contribution in [2.24, 2.45) is 0 Å². The Labute approximate surface area is 183 Å². The van der Waals surface area contributed by atoms with Gasteiger partial charge in [-0.1, -0.05) is 6.07 Å². The zero-order valence-corrected chi connectivity index (χ0v) is 17.4. The molecule has 0 unspecified atom stereocenters. The predicted molar refractivity (Wildman–Crippen MR) is 120 cm³/mol. The Kier molecular flexibility index (Phi) is 5.76. The normalized spacial score (nSPS) is 10.6. The van der Waals surface area contributed by atoms with Crippen LogP contribution in [0.3, 0.4) is 0 Å². The number of carbonyl (C=O) groups excluding carboxylic acids is 2. The van der Waals surface area contributed by atoms with Gasteiger partial charge in [-0.3, -0.25) is 9.36 Å². The van der Waals surface area contributed by atoms with Crippen LogP contribution in [-0.4, -0.2) is 30.7 Å². The summed E-state index contributed by atoms with van der Waals surface area (Å²) in [6.45, 7) is 0. The van der Waals surface area contributed by atoms with E-state index in [1.807, 2.05) is 0 Å². The van der Waals surface area contributed by atoms with Crippen molar-refractivity contribution in [1.29, 1.82) is 0 Å². The van der Waals surface area contributed by atoms with E-state index in [0.717, 1.165) is 5.39 Å². The van der Waals surface area contributed by atoms with Gasteiger partial charge in [0.2, 0.25) is 0 Å². The van der Waals surface area contributed by atoms with Gasteiger partial charge in [-0.2, -0.15) is 0 Å². The van der Waals surface area contributed by atoms with Gasteiger partial charge in [-0.25, -0.2) is 9.18 Å². The molecule has 7 nitrogen and oxygen atoms in total. The van der Waals surface area contributed by atoms with Gasteiger partial charge in [-0.15, -0.1) is 0 Å². The van der Waals surface area contributed by atoms with Crippen LogP contribution in [0.5, 0.6) is 11.5 Å². The topological polar surface area (TPSA) is 81.6 Å². The molecule has 0 aliphatic carbocycles. The molecule has 2 N–H and O–H groups in total. The first-order chi connectivity index (χ1) is 15.5. The summed E-state index contributed by atoms with van der Waals surface area (Å²) >= 11 is 0. The lowest BCUT2D eigenvalue weighted by molar-refractivity contribution is 0.0964. The lowest BCUT2D eigenvalue weighted by Crippen LogP contribution is -2.19. The first kappa shape index (κ1) is 20.9. The molecule has 2 amide bonds. The third kappa shape index (κ3) is 4.39. The van der Waals surface area contributed by atoms with Gasteiger partial charge in [0.25, 0.3) is 5.91 Å². The highest BCUT2D eigenvalue weighted by Gasteiger charge is 2.13. The van der Waals surface area contributed by atoms with E-state index in [1.165, 1.54) is 37.0 Å². The molecule has 0 saturated heterocycles. The van der Waals surface area contributed by atoms with E-state index in [9.17, 15) is 14.0 Å². The second kappa shape index (κ2) is 8.81. The molecule has 32 heavy (non-hydrogen) atoms. The molecule has 0 aliphatic heterocycles. The number of hydrogen-bond acceptors (Lipinski definition) is 4. The van der Waals surface area contributed by atoms with Crippen molar-refractivity contribution in [3.05, 3.63) is 84.3 Å². The van der Waals surface area contributed by atoms with Gasteiger partial charge in [0.05, 0.1) is 19.7 Å². The Bertz CT molecular complexity index is 1290. The number of anilines is 2. The van der Waals surface area contributed by atoms with Crippen LogP contribution in [0.4, 0.5) is 20.6 Å². The Morgan fingerprint density at radius 1 is 0.844 bits per heavy atom. The number of aromatic nitrogens is 1. The Morgan fingerprint density at radius 3 is 2.25 bits per heavy atom. The molecule has 3 aromatic carbocycles. The maximum Gasteiger partial charge on any atom is 0.323 e. The first-order valence-corrected chi connectivity index (χ1v) is 9.69. The monoisotopic (exact) mass is 433 g/mol. The Hall–Kier alpha value is -4.33. The summed E-state index contributed by atoms with van der Waals surface area (Å²) in [5.74, 6) is 0.277. The second-order valence-corrected chi connectivity index (χ2v) is 6.96. The minimum atomic E-state index is -0.474. The summed E-state index contributed by atoms with van der Waals surface area (Å²) in [6.07, 6.45) is 1.62. The summed E-state index contributed by atoms with van der Waals surface area (Å²) in [5.41, 5.74) is 1.94. The zero-order valence-electron chi connectivity index (χ0n) is 17.4. The van der Waals surface area contributed by atoms with Crippen LogP contribution in [0, 0.1) is 5.82 Å². The molecule has 0 saturated carbocycles. The minimum Gasteiger partial charge on any atom is -0.497 e. The summed E-state index contributed by atoms with van der Waals surface area (Å²) in [5, 5.41) is 6.24. The third-order valence-corrected chi connectivity index (χ3v) is 4.85. The van der Waals surface area contributed by atoms with E-state index >= 15 is 0 Å². The molecule has 8 heteroatoms. The molecule has 0 spiro atoms. The van der Waals surface area contributed by atoms with Crippen molar-refractivity contribution in [2.45, 2.75) is 0 Å². The van der Waals surface area contributed by atoms with Crippen LogP contribution in [0.15, 0.2) is 72.9 Å². The fourth-order valence-corrected chi connectivity index (χ4v) is 3.33. The lowest BCUT2D eigenvalue weighted by Gasteiger charge is -2.11. The number of ether oxygens (including phenoxy) is 2. The van der Waals surface area contributed by atoms with E-state index in [1.54, 1.807) is 54.7 Å². The van der Waals surface area contributed by atoms with Gasteiger partial charge in [0.1, 0.15) is 17.3 Å². The van der Waals surface area contributed by atoms with E-state index < -0.39 is 11.8 Å². The van der Waals surface area contributed by atoms with E-state index in [2.05, 4.69) is 10.6 Å². The van der Waals surface area contributed by atoms with Crippen LogP contribution < -0.4 is 20.1 Å². The quantitative estimate of drug-likeness (QED) is 0.457. The van der Waals surface area contributed by atoms with Crippen molar-refractivity contribution in [2.75, 3.05) is 24.9 Å². The van der Waals surface area contributed by atoms with Crippen LogP contribution in [0.2, 0.25) is 0 Å². The lowest BCUT2D eigenvalue weighted by atomic mass is 10.2. The average molecular weight is 433 g/mol. The van der Waals surface area contributed by atoms with Crippen molar-refractivity contribution in [3.63, 3.8) is 0 Å². The van der Waals surface area contributed by atoms with Crippen molar-refractivity contribution < 1.29 is 23.5 Å². The summed E-state index contributed by atoms with van der Waals surface area (Å²) in [4.78, 5) is 25.2. The maximum atomic E-state index is 13.5. The molecule has 0 atom stereocenters. The fourth-order valence-electron chi connectivity index (χ4n) is 3.33. The number of nitrogens with zero attached hydrogens (tertiary/aromatic N) is 1. The first-order valence-electron chi connectivity index (χ1n) is 9.69. The molecule has 4 rings (SSSR count). The molecule has 0 bridgehead atoms. The molecule has 162 valence electrons. The number of halogens is 1. The summed E-state index contributed by atoms with van der Waals surface area (Å²) in [6, 6.07) is 17.0. The Balaban J connectivity index is 1.51. The number of carbonyl (C=O) groups is 2. The molecule has 0 aliphatic rings. The predicted octanol–water partition coefficient (Wildman–Crippen LogP) is 5.13. The van der Waals surface area contributed by atoms with Crippen LogP contribution in [0.1, 0.15) is 10.4 Å². The summed E-state index contributed by atoms with van der Waals surface area (Å²) < 4.78 is 25.3. The molecular weight excluding hydrogens is 413 g/mol. The average Bonchev–Trinajstić information content (AvgIpc) is 3.21. The van der Waals surface area contributed by atoms with Gasteiger partial charge in [0, 0.05) is 46.7 Å². The fraction of sp³-hybridized carbons (Fsp3) is 0.0833. The smallest absolute Gasteiger partial charge is 0.323 e. The highest BCUT2D eigenvalue weighted by Crippen LogP contribution is 2.26. The highest BCUT2D eigenvalue weighted by atomic mass is 19.1. The van der Waals surface area contributed by atoms with Gasteiger partial charge < -0.3 is 20.1 Å². The maximum absolute atomic E-state index is 13.5. The number of rotatable bonds is 5. The summed E-state index contributed by atoms with van der Waals surface area (Å²) in [7, 11) is 3.05. The SMILES string of the molecule is COc1cc(NC(=O)Nc2ccc3c(ccn3C(=O)c3cccc(F)c3)c2)cc(OC)c1. The molecule has 1 aromatic heterocycles. The number of urea groups is 1. The van der Waals surface area contributed by atoms with Crippen molar-refractivity contribution >= 4 is 34.2 Å². The molecule has 0 fully saturated rings. The Morgan fingerprint density at radius 2 is 1.56 bits per heavy atom. The standard InChI is InChI=1S/C24H20FN3O4/c1-31-20-12-19(13-21(14-20)32-2)27-24(30)26-18-6-7-22-15(11-18)8-9-28(22)23(29)16-4-3-5-17(25)10-16/h3-14H,1-2H3,(H2,26,27,30). The van der Waals surface area contributed by atoms with Gasteiger partial charge in [-0.05, 0) is 42.5 Å². The van der Waals surface area contributed by atoms with Gasteiger partial charge in [0.15, 0.2) is 0 Å². The van der Waals surface area contributed by atoms with Crippen LogP contribution in [-0.2, 0) is 0 Å². The minimum absolute atomic E-state index is 0.248. The zero-order chi connectivity index (χ0) is 22.7. The third-order valence-electron chi connectivity index (χ3n) is 4.85. The molecule has 4 aromatic rings. The van der Waals surface area contributed by atoms with E-state index in [0.29, 0.717) is 28.4 Å². The molecule has 0 radical (unpaired) electrons. The number of benzene rings is 3. The van der Waals surface area contributed by atoms with E-state index in [4.69, 9.17) is 9.47 Å². The largest absolute Gasteiger partial charge is 0.497 e. The molecule has 1 heterocycles. The van der Waals surface area contributed by atoms with E-state index in [-0.39, 0.29) is 11.5 Å². The number of amides is 2. The van der Waals surface area contributed by atoms with Gasteiger partial charge >= 0.3 is 6.03 Å². The number of fused-ring (bicyclic) bond motifs is 1. The highest BCUT2D eigenvalue weighted by molar-refractivity contribution is 6.04. The van der Waals surface area contributed by atoms with Crippen molar-refractivity contribution in [3.8, 4) is 11.5 Å².